The normalized spacial score (nSPS) is 14.9. The largest absolute Gasteiger partial charge is 0.406 e. The summed E-state index contributed by atoms with van der Waals surface area (Å²) in [6.45, 7) is 0.865. The van der Waals surface area contributed by atoms with E-state index in [2.05, 4.69) is 5.32 Å². The Hall–Kier alpha value is -1.95. The maximum absolute atomic E-state index is 12.9. The number of aromatic nitrogens is 2. The van der Waals surface area contributed by atoms with Crippen molar-refractivity contribution in [1.29, 1.82) is 0 Å². The number of nitrogens with one attached hydrogen (secondary N) is 1. The van der Waals surface area contributed by atoms with Gasteiger partial charge in [-0.3, -0.25) is 18.3 Å². The zero-order valence-corrected chi connectivity index (χ0v) is 16.6. The molecule has 0 bridgehead atoms. The quantitative estimate of drug-likeness (QED) is 0.553. The number of fused-ring (bicyclic) bond motifs is 1. The Morgan fingerprint density at radius 2 is 1.96 bits per heavy atom. The first kappa shape index (κ1) is 20.8. The van der Waals surface area contributed by atoms with E-state index >= 15 is 0 Å². The van der Waals surface area contributed by atoms with E-state index in [1.165, 1.54) is 0 Å². The Balaban J connectivity index is 2.19. The summed E-state index contributed by atoms with van der Waals surface area (Å²) in [6, 6.07) is 0. The predicted molar refractivity (Wildman–Crippen MR) is 103 cm³/mol. The van der Waals surface area contributed by atoms with Gasteiger partial charge in [0, 0.05) is 24.5 Å². The molecule has 3 heterocycles. The van der Waals surface area contributed by atoms with Gasteiger partial charge in [-0.25, -0.2) is 4.79 Å². The third kappa shape index (κ3) is 3.93. The zero-order chi connectivity index (χ0) is 20.6. The molecule has 12 heteroatoms. The highest BCUT2D eigenvalue weighted by Gasteiger charge is 2.32. The molecule has 1 saturated heterocycles. The van der Waals surface area contributed by atoms with Crippen LogP contribution in [0.25, 0.3) is 10.2 Å². The second-order valence-electron chi connectivity index (χ2n) is 6.47. The van der Waals surface area contributed by atoms with Gasteiger partial charge in [0.1, 0.15) is 11.4 Å². The van der Waals surface area contributed by atoms with Gasteiger partial charge in [0.2, 0.25) is 0 Å². The van der Waals surface area contributed by atoms with Crippen molar-refractivity contribution < 1.29 is 17.6 Å². The third-order valence-corrected chi connectivity index (χ3v) is 6.23. The van der Waals surface area contributed by atoms with E-state index in [-0.39, 0.29) is 27.7 Å². The Bertz CT molecular complexity index is 1020. The monoisotopic (exact) mass is 438 g/mol. The minimum Gasteiger partial charge on any atom is -0.361 e. The van der Waals surface area contributed by atoms with Crippen LogP contribution < -0.4 is 16.6 Å². The highest BCUT2D eigenvalue weighted by molar-refractivity contribution is 7.80. The molecule has 1 fully saturated rings. The molecule has 0 aliphatic carbocycles. The standard InChI is InChI=1S/C16H18F4N4O2S2/c1-9-10(7-22-6-4-21-14(22)27)28-13-11(9)12(25)24(8-16(18,19)20)15(26)23(13)5-2-3-17/h2-8H2,1H3,(H,21,27). The molecule has 3 rings (SSSR count). The van der Waals surface area contributed by atoms with Crippen molar-refractivity contribution in [3.05, 3.63) is 31.3 Å². The Kier molecular flexibility index (Phi) is 5.80. The number of rotatable bonds is 6. The molecule has 154 valence electrons. The first-order valence-electron chi connectivity index (χ1n) is 8.55. The minimum atomic E-state index is -4.73. The van der Waals surface area contributed by atoms with E-state index in [0.717, 1.165) is 20.8 Å². The molecule has 0 amide bonds. The minimum absolute atomic E-state index is 0.0361. The second-order valence-corrected chi connectivity index (χ2v) is 7.94. The summed E-state index contributed by atoms with van der Waals surface area (Å²) in [5.74, 6) is 0. The van der Waals surface area contributed by atoms with E-state index in [9.17, 15) is 27.2 Å². The average molecular weight is 438 g/mol. The summed E-state index contributed by atoms with van der Waals surface area (Å²) >= 11 is 6.37. The topological polar surface area (TPSA) is 59.3 Å². The summed E-state index contributed by atoms with van der Waals surface area (Å²) in [5, 5.41) is 3.64. The van der Waals surface area contributed by atoms with Crippen molar-refractivity contribution in [3.63, 3.8) is 0 Å². The van der Waals surface area contributed by atoms with Crippen molar-refractivity contribution in [2.75, 3.05) is 19.8 Å². The van der Waals surface area contributed by atoms with Crippen LogP contribution in [0.15, 0.2) is 9.59 Å². The Labute approximate surface area is 166 Å². The van der Waals surface area contributed by atoms with Crippen LogP contribution in [-0.4, -0.2) is 45.1 Å². The number of alkyl halides is 4. The molecule has 1 aliphatic rings. The van der Waals surface area contributed by atoms with Crippen LogP contribution in [0, 0.1) is 6.92 Å². The smallest absolute Gasteiger partial charge is 0.361 e. The van der Waals surface area contributed by atoms with Gasteiger partial charge in [-0.05, 0) is 31.1 Å². The fourth-order valence-corrected chi connectivity index (χ4v) is 4.75. The number of aryl methyl sites for hydroxylation is 2. The van der Waals surface area contributed by atoms with E-state index < -0.39 is 30.6 Å². The first-order valence-corrected chi connectivity index (χ1v) is 9.77. The van der Waals surface area contributed by atoms with Crippen molar-refractivity contribution in [2.24, 2.45) is 0 Å². The summed E-state index contributed by atoms with van der Waals surface area (Å²) in [4.78, 5) is 28.2. The number of halogens is 4. The van der Waals surface area contributed by atoms with E-state index in [1.807, 2.05) is 4.90 Å². The number of hydrogen-bond acceptors (Lipinski definition) is 4. The molecule has 0 radical (unpaired) electrons. The van der Waals surface area contributed by atoms with Crippen LogP contribution in [0.5, 0.6) is 0 Å². The molecule has 2 aromatic heterocycles. The van der Waals surface area contributed by atoms with Crippen LogP contribution in [0.3, 0.4) is 0 Å². The predicted octanol–water partition coefficient (Wildman–Crippen LogP) is 2.15. The average Bonchev–Trinajstić information content (AvgIpc) is 3.15. The van der Waals surface area contributed by atoms with Crippen LogP contribution in [0.4, 0.5) is 17.6 Å². The van der Waals surface area contributed by atoms with Gasteiger partial charge in [-0.2, -0.15) is 13.2 Å². The molecular formula is C16H18F4N4O2S2. The molecule has 1 aliphatic heterocycles. The van der Waals surface area contributed by atoms with Crippen molar-refractivity contribution >= 4 is 38.9 Å². The zero-order valence-electron chi connectivity index (χ0n) is 14.9. The summed E-state index contributed by atoms with van der Waals surface area (Å²) in [6.07, 6.45) is -4.76. The number of thiophene rings is 1. The molecule has 0 unspecified atom stereocenters. The second kappa shape index (κ2) is 7.82. The van der Waals surface area contributed by atoms with Crippen LogP contribution in [-0.2, 0) is 19.6 Å². The summed E-state index contributed by atoms with van der Waals surface area (Å²) in [5.41, 5.74) is -1.53. The number of nitrogens with zero attached hydrogens (tertiary/aromatic N) is 3. The highest BCUT2D eigenvalue weighted by Crippen LogP contribution is 2.30. The molecule has 0 aromatic carbocycles. The van der Waals surface area contributed by atoms with Crippen LogP contribution in [0.2, 0.25) is 0 Å². The van der Waals surface area contributed by atoms with Gasteiger partial charge >= 0.3 is 11.9 Å². The van der Waals surface area contributed by atoms with Crippen LogP contribution in [0.1, 0.15) is 16.9 Å². The third-order valence-electron chi connectivity index (χ3n) is 4.53. The fourth-order valence-electron chi connectivity index (χ4n) is 3.16. The maximum Gasteiger partial charge on any atom is 0.406 e. The lowest BCUT2D eigenvalue weighted by atomic mass is 10.2. The van der Waals surface area contributed by atoms with Gasteiger partial charge < -0.3 is 10.2 Å². The molecular weight excluding hydrogens is 420 g/mol. The fraction of sp³-hybridized carbons (Fsp3) is 0.562. The highest BCUT2D eigenvalue weighted by atomic mass is 32.1. The molecule has 2 aromatic rings. The SMILES string of the molecule is Cc1c(CN2CCNC2=S)sc2c1c(=O)n(CC(F)(F)F)c(=O)n2CCCF. The van der Waals surface area contributed by atoms with Crippen molar-refractivity contribution in [3.8, 4) is 0 Å². The maximum atomic E-state index is 12.9. The summed E-state index contributed by atoms with van der Waals surface area (Å²) in [7, 11) is 0. The lowest BCUT2D eigenvalue weighted by Gasteiger charge is -2.15. The lowest BCUT2D eigenvalue weighted by molar-refractivity contribution is -0.141. The molecule has 1 N–H and O–H groups in total. The summed E-state index contributed by atoms with van der Waals surface area (Å²) < 4.78 is 52.7. The first-order chi connectivity index (χ1) is 13.1. The van der Waals surface area contributed by atoms with Gasteiger partial charge in [-0.15, -0.1) is 11.3 Å². The van der Waals surface area contributed by atoms with E-state index in [1.54, 1.807) is 6.92 Å². The molecule has 28 heavy (non-hydrogen) atoms. The van der Waals surface area contributed by atoms with E-state index in [0.29, 0.717) is 30.3 Å². The molecule has 6 nitrogen and oxygen atoms in total. The van der Waals surface area contributed by atoms with Crippen molar-refractivity contribution in [2.45, 2.75) is 39.2 Å². The molecule has 0 saturated carbocycles. The van der Waals surface area contributed by atoms with Gasteiger partial charge in [0.15, 0.2) is 5.11 Å². The Morgan fingerprint density at radius 1 is 1.25 bits per heavy atom. The lowest BCUT2D eigenvalue weighted by Crippen LogP contribution is -2.43. The Morgan fingerprint density at radius 3 is 2.54 bits per heavy atom. The molecule has 0 spiro atoms. The number of thiocarbonyl (C=S) groups is 1. The van der Waals surface area contributed by atoms with Gasteiger partial charge in [-0.1, -0.05) is 0 Å². The van der Waals surface area contributed by atoms with Gasteiger partial charge in [0.25, 0.3) is 5.56 Å². The molecule has 0 atom stereocenters. The number of hydrogen-bond donors (Lipinski definition) is 1. The van der Waals surface area contributed by atoms with E-state index in [4.69, 9.17) is 12.2 Å². The van der Waals surface area contributed by atoms with Gasteiger partial charge in [0.05, 0.1) is 18.6 Å². The van der Waals surface area contributed by atoms with Crippen molar-refractivity contribution in [1.82, 2.24) is 19.4 Å². The van der Waals surface area contributed by atoms with Crippen LogP contribution >= 0.6 is 23.6 Å².